The second kappa shape index (κ2) is 5.53. The van der Waals surface area contributed by atoms with Crippen molar-refractivity contribution in [3.63, 3.8) is 0 Å². The standard InChI is InChI=1S/C15H20ClN3/c1-11-13(10-19-8-3-6-17-7-9-19)12-4-2-5-14(16)15(12)18-11/h2,4-5,17-18H,3,6-10H2,1H3. The number of aryl methyl sites for hydroxylation is 1. The minimum atomic E-state index is 0.810. The van der Waals surface area contributed by atoms with Gasteiger partial charge in [-0.05, 0) is 38.1 Å². The number of nitrogens with zero attached hydrogens (tertiary/aromatic N) is 1. The van der Waals surface area contributed by atoms with E-state index in [2.05, 4.69) is 28.2 Å². The number of H-pyrrole nitrogens is 1. The number of hydrogen-bond donors (Lipinski definition) is 2. The second-order valence-corrected chi connectivity index (χ2v) is 5.68. The Kier molecular flexibility index (Phi) is 3.78. The van der Waals surface area contributed by atoms with Crippen molar-refractivity contribution >= 4 is 22.5 Å². The topological polar surface area (TPSA) is 31.1 Å². The van der Waals surface area contributed by atoms with E-state index in [1.807, 2.05) is 12.1 Å². The summed E-state index contributed by atoms with van der Waals surface area (Å²) in [6.45, 7) is 7.65. The first kappa shape index (κ1) is 13.0. The molecule has 3 rings (SSSR count). The molecule has 0 atom stereocenters. The Hall–Kier alpha value is -1.03. The Morgan fingerprint density at radius 2 is 2.16 bits per heavy atom. The molecule has 0 aliphatic carbocycles. The van der Waals surface area contributed by atoms with Gasteiger partial charge in [-0.25, -0.2) is 0 Å². The molecule has 0 amide bonds. The van der Waals surface area contributed by atoms with Crippen molar-refractivity contribution in [2.45, 2.75) is 19.9 Å². The van der Waals surface area contributed by atoms with E-state index < -0.39 is 0 Å². The molecule has 3 nitrogen and oxygen atoms in total. The lowest BCUT2D eigenvalue weighted by Crippen LogP contribution is -2.27. The fourth-order valence-corrected chi connectivity index (χ4v) is 3.08. The van der Waals surface area contributed by atoms with E-state index in [1.165, 1.54) is 29.6 Å². The van der Waals surface area contributed by atoms with Gasteiger partial charge >= 0.3 is 0 Å². The van der Waals surface area contributed by atoms with Crippen LogP contribution in [0.2, 0.25) is 5.02 Å². The fourth-order valence-electron chi connectivity index (χ4n) is 2.85. The van der Waals surface area contributed by atoms with Crippen LogP contribution in [0.25, 0.3) is 10.9 Å². The molecule has 0 spiro atoms. The minimum absolute atomic E-state index is 0.810. The Balaban J connectivity index is 1.91. The molecule has 102 valence electrons. The highest BCUT2D eigenvalue weighted by Crippen LogP contribution is 2.28. The first-order chi connectivity index (χ1) is 9.25. The highest BCUT2D eigenvalue weighted by molar-refractivity contribution is 6.35. The molecule has 19 heavy (non-hydrogen) atoms. The van der Waals surface area contributed by atoms with Gasteiger partial charge in [-0.1, -0.05) is 23.7 Å². The van der Waals surface area contributed by atoms with E-state index in [0.29, 0.717) is 0 Å². The van der Waals surface area contributed by atoms with Crippen LogP contribution in [0.3, 0.4) is 0 Å². The highest BCUT2D eigenvalue weighted by Gasteiger charge is 2.15. The molecule has 4 heteroatoms. The minimum Gasteiger partial charge on any atom is -0.357 e. The lowest BCUT2D eigenvalue weighted by Gasteiger charge is -2.19. The van der Waals surface area contributed by atoms with E-state index in [1.54, 1.807) is 0 Å². The van der Waals surface area contributed by atoms with Crippen molar-refractivity contribution in [3.05, 3.63) is 34.5 Å². The van der Waals surface area contributed by atoms with Gasteiger partial charge in [0.25, 0.3) is 0 Å². The third-order valence-corrected chi connectivity index (χ3v) is 4.23. The lowest BCUT2D eigenvalue weighted by molar-refractivity contribution is 0.285. The number of nitrogens with one attached hydrogen (secondary N) is 2. The van der Waals surface area contributed by atoms with Gasteiger partial charge in [-0.2, -0.15) is 0 Å². The number of fused-ring (bicyclic) bond motifs is 1. The summed E-state index contributed by atoms with van der Waals surface area (Å²) in [6.07, 6.45) is 1.22. The van der Waals surface area contributed by atoms with Crippen LogP contribution in [0.1, 0.15) is 17.7 Å². The summed E-state index contributed by atoms with van der Waals surface area (Å²) < 4.78 is 0. The predicted molar refractivity (Wildman–Crippen MR) is 80.8 cm³/mol. The van der Waals surface area contributed by atoms with Gasteiger partial charge in [0.1, 0.15) is 0 Å². The monoisotopic (exact) mass is 277 g/mol. The molecule has 1 aliphatic rings. The SMILES string of the molecule is Cc1[nH]c2c(Cl)cccc2c1CN1CCCNCC1. The maximum Gasteiger partial charge on any atom is 0.0648 e. The first-order valence-electron chi connectivity index (χ1n) is 6.94. The van der Waals surface area contributed by atoms with Crippen LogP contribution in [0.5, 0.6) is 0 Å². The Bertz CT molecular complexity index is 568. The van der Waals surface area contributed by atoms with Crippen molar-refractivity contribution in [2.24, 2.45) is 0 Å². The largest absolute Gasteiger partial charge is 0.357 e. The maximum absolute atomic E-state index is 6.26. The van der Waals surface area contributed by atoms with Gasteiger partial charge in [0.05, 0.1) is 10.5 Å². The van der Waals surface area contributed by atoms with Crippen molar-refractivity contribution in [3.8, 4) is 0 Å². The van der Waals surface area contributed by atoms with Crippen LogP contribution < -0.4 is 5.32 Å². The van der Waals surface area contributed by atoms with Crippen molar-refractivity contribution < 1.29 is 0 Å². The van der Waals surface area contributed by atoms with Gasteiger partial charge in [0, 0.05) is 30.7 Å². The fraction of sp³-hybridized carbons (Fsp3) is 0.467. The quantitative estimate of drug-likeness (QED) is 0.884. The third kappa shape index (κ3) is 2.64. The molecule has 1 saturated heterocycles. The summed E-state index contributed by atoms with van der Waals surface area (Å²) in [5.74, 6) is 0. The molecule has 0 saturated carbocycles. The molecule has 1 aromatic carbocycles. The summed E-state index contributed by atoms with van der Waals surface area (Å²) >= 11 is 6.26. The zero-order valence-corrected chi connectivity index (χ0v) is 12.1. The van der Waals surface area contributed by atoms with Crippen LogP contribution in [0.15, 0.2) is 18.2 Å². The van der Waals surface area contributed by atoms with E-state index in [9.17, 15) is 0 Å². The molecule has 0 radical (unpaired) electrons. The highest BCUT2D eigenvalue weighted by atomic mass is 35.5. The zero-order valence-electron chi connectivity index (χ0n) is 11.3. The van der Waals surface area contributed by atoms with Gasteiger partial charge in [0.15, 0.2) is 0 Å². The molecular weight excluding hydrogens is 258 g/mol. The van der Waals surface area contributed by atoms with Gasteiger partial charge in [-0.15, -0.1) is 0 Å². The van der Waals surface area contributed by atoms with Crippen molar-refractivity contribution in [2.75, 3.05) is 26.2 Å². The Labute approximate surface area is 118 Å². The smallest absolute Gasteiger partial charge is 0.0648 e. The molecule has 1 aromatic heterocycles. The Morgan fingerprint density at radius 1 is 1.26 bits per heavy atom. The number of benzene rings is 1. The molecule has 2 aromatic rings. The molecular formula is C15H20ClN3. The second-order valence-electron chi connectivity index (χ2n) is 5.27. The van der Waals surface area contributed by atoms with E-state index in [-0.39, 0.29) is 0 Å². The lowest BCUT2D eigenvalue weighted by atomic mass is 10.1. The Morgan fingerprint density at radius 3 is 3.05 bits per heavy atom. The molecule has 1 aliphatic heterocycles. The molecule has 0 unspecified atom stereocenters. The number of aromatic amines is 1. The summed E-state index contributed by atoms with van der Waals surface area (Å²) in [6, 6.07) is 6.14. The van der Waals surface area contributed by atoms with Crippen molar-refractivity contribution in [1.29, 1.82) is 0 Å². The third-order valence-electron chi connectivity index (χ3n) is 3.92. The average molecular weight is 278 g/mol. The van der Waals surface area contributed by atoms with Gasteiger partial charge in [-0.3, -0.25) is 4.90 Å². The van der Waals surface area contributed by atoms with E-state index in [4.69, 9.17) is 11.6 Å². The summed E-state index contributed by atoms with van der Waals surface area (Å²) in [5, 5.41) is 5.52. The summed E-state index contributed by atoms with van der Waals surface area (Å²) in [5.41, 5.74) is 3.70. The molecule has 1 fully saturated rings. The normalized spacial score (nSPS) is 17.8. The number of para-hydroxylation sites is 1. The average Bonchev–Trinajstić information content (AvgIpc) is 2.60. The van der Waals surface area contributed by atoms with Crippen LogP contribution in [0.4, 0.5) is 0 Å². The van der Waals surface area contributed by atoms with E-state index >= 15 is 0 Å². The zero-order chi connectivity index (χ0) is 13.2. The van der Waals surface area contributed by atoms with Gasteiger partial charge in [0.2, 0.25) is 0 Å². The van der Waals surface area contributed by atoms with Crippen LogP contribution >= 0.6 is 11.6 Å². The number of halogens is 1. The summed E-state index contributed by atoms with van der Waals surface area (Å²) in [7, 11) is 0. The number of hydrogen-bond acceptors (Lipinski definition) is 2. The van der Waals surface area contributed by atoms with Crippen LogP contribution in [0, 0.1) is 6.92 Å². The first-order valence-corrected chi connectivity index (χ1v) is 7.32. The van der Waals surface area contributed by atoms with Gasteiger partial charge < -0.3 is 10.3 Å². The van der Waals surface area contributed by atoms with E-state index in [0.717, 1.165) is 36.7 Å². The van der Waals surface area contributed by atoms with Crippen LogP contribution in [-0.4, -0.2) is 36.1 Å². The number of aromatic nitrogens is 1. The predicted octanol–water partition coefficient (Wildman–Crippen LogP) is 2.93. The molecule has 0 bridgehead atoms. The van der Waals surface area contributed by atoms with Crippen molar-refractivity contribution in [1.82, 2.24) is 15.2 Å². The number of rotatable bonds is 2. The molecule has 2 N–H and O–H groups in total. The van der Waals surface area contributed by atoms with Crippen LogP contribution in [-0.2, 0) is 6.54 Å². The molecule has 2 heterocycles. The summed E-state index contributed by atoms with van der Waals surface area (Å²) in [4.78, 5) is 5.95. The maximum atomic E-state index is 6.26.